The third kappa shape index (κ3) is 24.9. The van der Waals surface area contributed by atoms with E-state index in [0.29, 0.717) is 36.2 Å². The van der Waals surface area contributed by atoms with Crippen LogP contribution in [0.4, 0.5) is 33.2 Å². The Bertz CT molecular complexity index is 5050. The predicted octanol–water partition coefficient (Wildman–Crippen LogP) is 14.0. The van der Waals surface area contributed by atoms with Crippen LogP contribution in [0.5, 0.6) is 0 Å². The van der Waals surface area contributed by atoms with Gasteiger partial charge in [0.05, 0.1) is 55.8 Å². The first-order valence-corrected chi connectivity index (χ1v) is 41.7. The minimum Gasteiger partial charge on any atom is -0.480 e. The van der Waals surface area contributed by atoms with E-state index >= 15 is 0 Å². The molecule has 6 aromatic carbocycles. The number of pyridine rings is 2. The third-order valence-corrected chi connectivity index (χ3v) is 21.2. The summed E-state index contributed by atoms with van der Waals surface area (Å²) in [7, 11) is 3.27. The number of hydrogen-bond donors (Lipinski definition) is 10. The van der Waals surface area contributed by atoms with E-state index in [1.807, 2.05) is 87.5 Å². The van der Waals surface area contributed by atoms with Crippen molar-refractivity contribution in [3.05, 3.63) is 196 Å². The molecule has 2 saturated heterocycles. The molecule has 0 aliphatic carbocycles. The fourth-order valence-corrected chi connectivity index (χ4v) is 15.1. The standard InChI is InChI=1S/C44H50N6O6.C33H46N4O3.C15H13N3O6/c1-45-41(53)34-28-47-35-22-20-29(27-33(35)40(34)48-31-17-11-9-12-18-31)15-10-7-5-3-2-4-6-8-13-26-46-37(51)24-21-30-16-14-19-32-39(30)44(56)50(43(32)55)36-23-25-38(52)49-42(36)54;1-33(2,3)40-32(39)35-22-16-11-9-7-5-6-8-10-13-17-25-20-21-29-27(23-25)30(28(24-36-29)31(38)34-4)37-26-18-14-12-15-19-26;19-10-5-4-9(13(22)17-10)18-14(23)7-2-1-3-8(12(7)15(18)24)16-6-11(20)21/h9,11-12,14,16-20,22,27-28,36H,2-8,10,13,15,21,23-26H2,1H3,(H,45,53)(H,46,51)(H,47,48)(H,49,52,54);12,14-15,18-21,23-24H,5-11,13,16-17,22H2,1-4H3,(H,34,38)(H,35,39)(H,36,37);1-3,9,16H,4-6H2,(H,20,21)(H,17,19,22). The van der Waals surface area contributed by atoms with E-state index in [1.165, 1.54) is 87.1 Å². The van der Waals surface area contributed by atoms with Crippen molar-refractivity contribution in [1.29, 1.82) is 0 Å². The van der Waals surface area contributed by atoms with E-state index in [4.69, 9.17) is 9.84 Å². The van der Waals surface area contributed by atoms with E-state index in [0.717, 1.165) is 125 Å². The normalized spacial score (nSPS) is 14.8. The summed E-state index contributed by atoms with van der Waals surface area (Å²) in [5, 5.41) is 35.7. The highest BCUT2D eigenvalue weighted by atomic mass is 16.6. The molecule has 6 heterocycles. The lowest BCUT2D eigenvalue weighted by molar-refractivity contribution is -0.137. The van der Waals surface area contributed by atoms with Gasteiger partial charge in [-0.15, -0.1) is 0 Å². The Balaban J connectivity index is 0.000000205. The van der Waals surface area contributed by atoms with Crippen molar-refractivity contribution in [2.24, 2.45) is 0 Å². The molecule has 12 rings (SSSR count). The van der Waals surface area contributed by atoms with E-state index < -0.39 is 77.5 Å². The van der Waals surface area contributed by atoms with Crippen LogP contribution >= 0.6 is 0 Å². The molecule has 2 fully saturated rings. The summed E-state index contributed by atoms with van der Waals surface area (Å²) < 4.78 is 5.25. The van der Waals surface area contributed by atoms with E-state index in [1.54, 1.807) is 44.7 Å². The average molecular weight is 1640 g/mol. The first-order valence-electron chi connectivity index (χ1n) is 41.7. The van der Waals surface area contributed by atoms with Gasteiger partial charge >= 0.3 is 12.1 Å². The molecule has 120 heavy (non-hydrogen) atoms. The molecule has 0 bridgehead atoms. The number of nitrogens with one attached hydrogen (secondary N) is 9. The van der Waals surface area contributed by atoms with Gasteiger partial charge in [-0.2, -0.15) is 0 Å². The highest BCUT2D eigenvalue weighted by Crippen LogP contribution is 2.36. The number of benzene rings is 6. The summed E-state index contributed by atoms with van der Waals surface area (Å²) in [6.07, 6.45) is 26.4. The lowest BCUT2D eigenvalue weighted by Crippen LogP contribution is -2.54. The largest absolute Gasteiger partial charge is 0.480 e. The molecule has 4 aliphatic heterocycles. The first-order chi connectivity index (χ1) is 57.9. The number of carboxylic acid groups (broad SMARTS) is 1. The summed E-state index contributed by atoms with van der Waals surface area (Å²) in [5.41, 5.74) is 9.60. The van der Waals surface area contributed by atoms with Crippen LogP contribution in [0.15, 0.2) is 146 Å². The molecule has 4 aliphatic rings. The van der Waals surface area contributed by atoms with Gasteiger partial charge in [-0.1, -0.05) is 157 Å². The number of amides is 12. The molecule has 8 aromatic rings. The molecule has 632 valence electrons. The van der Waals surface area contributed by atoms with Gasteiger partial charge in [-0.3, -0.25) is 87.9 Å². The van der Waals surface area contributed by atoms with Gasteiger partial charge in [0.1, 0.15) is 24.2 Å². The number of aliphatic carboxylic acids is 1. The predicted molar refractivity (Wildman–Crippen MR) is 458 cm³/mol. The average Bonchev–Trinajstić information content (AvgIpc) is 1.52. The lowest BCUT2D eigenvalue weighted by atomic mass is 9.99. The highest BCUT2D eigenvalue weighted by Gasteiger charge is 2.47. The van der Waals surface area contributed by atoms with Crippen molar-refractivity contribution in [2.75, 3.05) is 49.7 Å². The number of nitrogens with zero attached hydrogens (tertiary/aromatic N) is 4. The SMILES string of the molecule is CNC(=O)c1cnc2ccc(CCCCCCCCCCCNC(=O)CCc3cccc4c3C(=O)N(C3CCC(=O)NC3=O)C4=O)cc2c1Nc1ccccc1.CNC(=O)c1cnc2ccc(CCCCCCCCCCCNC(=O)OC(C)(C)C)cc2c1Nc1ccccc1.O=C(O)CNc1cccc2c1C(=O)N(C1CCC(=O)NC1=O)C2=O. The second kappa shape index (κ2) is 44.2. The maximum Gasteiger partial charge on any atom is 0.407 e. The number of carbonyl (C=O) groups excluding carboxylic acids is 12. The zero-order chi connectivity index (χ0) is 85.7. The number of ether oxygens (including phenoxy) is 1. The first kappa shape index (κ1) is 89.6. The second-order valence-electron chi connectivity index (χ2n) is 31.3. The topological polar surface area (TPSA) is 392 Å². The molecule has 28 heteroatoms. The zero-order valence-electron chi connectivity index (χ0n) is 69.0. The summed E-state index contributed by atoms with van der Waals surface area (Å²) in [5.74, 6) is -6.20. The van der Waals surface area contributed by atoms with Gasteiger partial charge < -0.3 is 47.1 Å². The molecule has 2 unspecified atom stereocenters. The summed E-state index contributed by atoms with van der Waals surface area (Å²) in [4.78, 5) is 170. The van der Waals surface area contributed by atoms with Gasteiger partial charge in [0.15, 0.2) is 0 Å². The van der Waals surface area contributed by atoms with E-state index in [-0.39, 0.29) is 83.9 Å². The molecule has 0 spiro atoms. The second-order valence-corrected chi connectivity index (χ2v) is 31.3. The van der Waals surface area contributed by atoms with Gasteiger partial charge in [0.25, 0.3) is 35.4 Å². The maximum absolute atomic E-state index is 13.3. The summed E-state index contributed by atoms with van der Waals surface area (Å²) in [6, 6.07) is 39.8. The smallest absolute Gasteiger partial charge is 0.407 e. The van der Waals surface area contributed by atoms with Crippen molar-refractivity contribution >= 4 is 127 Å². The van der Waals surface area contributed by atoms with E-state index in [9.17, 15) is 62.3 Å². The number of aromatic nitrogens is 2. The van der Waals surface area contributed by atoms with Crippen molar-refractivity contribution in [1.82, 2.24) is 51.7 Å². The Kier molecular flexibility index (Phi) is 33.0. The van der Waals surface area contributed by atoms with Crippen LogP contribution in [0.1, 0.15) is 247 Å². The van der Waals surface area contributed by atoms with Crippen molar-refractivity contribution in [3.8, 4) is 0 Å². The van der Waals surface area contributed by atoms with Crippen LogP contribution in [0.25, 0.3) is 21.8 Å². The van der Waals surface area contributed by atoms with Crippen molar-refractivity contribution in [3.63, 3.8) is 0 Å². The Morgan fingerprint density at radius 1 is 0.483 bits per heavy atom. The summed E-state index contributed by atoms with van der Waals surface area (Å²) >= 11 is 0. The van der Waals surface area contributed by atoms with Crippen LogP contribution in [0.3, 0.4) is 0 Å². The number of rotatable bonds is 38. The fourth-order valence-electron chi connectivity index (χ4n) is 15.1. The monoisotopic (exact) mass is 1640 g/mol. The number of imide groups is 4. The van der Waals surface area contributed by atoms with Crippen LogP contribution < -0.4 is 47.9 Å². The van der Waals surface area contributed by atoms with Gasteiger partial charge in [-0.25, -0.2) is 4.79 Å². The maximum atomic E-state index is 13.3. The molecular formula is C92H109N13O15. The molecule has 0 radical (unpaired) electrons. The number of para-hydroxylation sites is 2. The van der Waals surface area contributed by atoms with Crippen LogP contribution in [0, 0.1) is 0 Å². The minimum atomic E-state index is -1.12. The highest BCUT2D eigenvalue weighted by molar-refractivity contribution is 6.26. The zero-order valence-corrected chi connectivity index (χ0v) is 69.0. The minimum absolute atomic E-state index is 0.0356. The quantitative estimate of drug-likeness (QED) is 0.0127. The number of aryl methyl sites for hydroxylation is 3. The third-order valence-electron chi connectivity index (χ3n) is 21.2. The number of unbranched alkanes of at least 4 members (excludes halogenated alkanes) is 16. The molecule has 10 N–H and O–H groups in total. The van der Waals surface area contributed by atoms with Crippen LogP contribution in [0.2, 0.25) is 0 Å². The van der Waals surface area contributed by atoms with Crippen LogP contribution in [-0.4, -0.2) is 153 Å². The molecule has 2 aromatic heterocycles. The van der Waals surface area contributed by atoms with Gasteiger partial charge in [0, 0.05) is 86.7 Å². The van der Waals surface area contributed by atoms with E-state index in [2.05, 4.69) is 88.2 Å². The lowest BCUT2D eigenvalue weighted by Gasteiger charge is -2.27. The number of hydrogen-bond acceptors (Lipinski definition) is 19. The van der Waals surface area contributed by atoms with Gasteiger partial charge in [0.2, 0.25) is 29.5 Å². The number of alkyl carbamates (subject to hydrolysis) is 1. The van der Waals surface area contributed by atoms with Gasteiger partial charge in [-0.05, 0) is 162 Å². The Labute approximate surface area is 698 Å². The number of anilines is 5. The number of carbonyl (C=O) groups is 13. The summed E-state index contributed by atoms with van der Waals surface area (Å²) in [6.45, 7) is 6.47. The molecule has 2 atom stereocenters. The number of piperidine rings is 2. The molecule has 12 amide bonds. The Hall–Kier alpha value is -12.8. The molecular weight excluding hydrogens is 1530 g/mol. The Morgan fingerprint density at radius 2 is 0.908 bits per heavy atom. The van der Waals surface area contributed by atoms with Crippen molar-refractivity contribution < 1.29 is 72.2 Å². The fraction of sp³-hybridized carbons (Fsp3) is 0.402. The molecule has 28 nitrogen and oxygen atoms in total. The number of carboxylic acids is 1. The Morgan fingerprint density at radius 3 is 1.35 bits per heavy atom. The molecule has 0 saturated carbocycles. The van der Waals surface area contributed by atoms with Crippen molar-refractivity contribution in [2.45, 2.75) is 205 Å². The number of fused-ring (bicyclic) bond motifs is 4. The van der Waals surface area contributed by atoms with Crippen LogP contribution in [-0.2, 0) is 52.8 Å².